The second-order valence-electron chi connectivity index (χ2n) is 7.00. The van der Waals surface area contributed by atoms with E-state index in [9.17, 15) is 19.7 Å². The van der Waals surface area contributed by atoms with Crippen molar-refractivity contribution in [2.45, 2.75) is 24.9 Å². The number of carboxylic acid groups (broad SMARTS) is 1. The Labute approximate surface area is 174 Å². The van der Waals surface area contributed by atoms with Crippen LogP contribution in [0.25, 0.3) is 0 Å². The summed E-state index contributed by atoms with van der Waals surface area (Å²) in [5, 5.41) is 19.4. The second-order valence-corrected chi connectivity index (χ2v) is 7.00. The van der Waals surface area contributed by atoms with Crippen LogP contribution in [0, 0.1) is 12.3 Å². The van der Waals surface area contributed by atoms with Crippen molar-refractivity contribution in [3.8, 4) is 23.8 Å². The standard InChI is InChI=1S/C20H22BN3O6/c1-3-4-13(9-23-2)17(22)19(25)24-10-14(11-24)29-15-6-5-12-7-8-21(28)30-18(12)16(15)20(26)27/h1,4-6,9,14,17,28H,7-8,10-11,22H2,2H3,(H,26,27)/b13-4+,23-9?. The van der Waals surface area contributed by atoms with Crippen molar-refractivity contribution in [1.29, 1.82) is 0 Å². The number of likely N-dealkylation sites (tertiary alicyclic amines) is 1. The first-order valence-corrected chi connectivity index (χ1v) is 9.39. The molecule has 0 saturated carbocycles. The van der Waals surface area contributed by atoms with E-state index in [0.29, 0.717) is 23.9 Å². The number of ether oxygens (including phenoxy) is 1. The van der Waals surface area contributed by atoms with Crippen LogP contribution < -0.4 is 15.1 Å². The number of amides is 1. The Morgan fingerprint density at radius 2 is 2.23 bits per heavy atom. The molecule has 2 heterocycles. The number of carbonyl (C=O) groups excluding carboxylic acids is 1. The van der Waals surface area contributed by atoms with Gasteiger partial charge in [-0.05, 0) is 30.4 Å². The topological polar surface area (TPSA) is 135 Å². The number of rotatable bonds is 6. The first kappa shape index (κ1) is 21.4. The lowest BCUT2D eigenvalue weighted by atomic mass is 9.78. The molecule has 9 nitrogen and oxygen atoms in total. The summed E-state index contributed by atoms with van der Waals surface area (Å²) in [6.45, 7) is 0.498. The highest BCUT2D eigenvalue weighted by Crippen LogP contribution is 2.37. The molecule has 0 aliphatic carbocycles. The van der Waals surface area contributed by atoms with Crippen LogP contribution in [0.5, 0.6) is 11.5 Å². The summed E-state index contributed by atoms with van der Waals surface area (Å²) in [6.07, 6.45) is 8.60. The Bertz CT molecular complexity index is 949. The van der Waals surface area contributed by atoms with Crippen molar-refractivity contribution >= 4 is 25.2 Å². The van der Waals surface area contributed by atoms with E-state index in [1.54, 1.807) is 19.2 Å². The Hall–Kier alpha value is -3.29. The van der Waals surface area contributed by atoms with E-state index < -0.39 is 25.2 Å². The first-order valence-electron chi connectivity index (χ1n) is 9.39. The van der Waals surface area contributed by atoms with Crippen LogP contribution >= 0.6 is 0 Å². The predicted octanol–water partition coefficient (Wildman–Crippen LogP) is -0.0227. The lowest BCUT2D eigenvalue weighted by molar-refractivity contribution is -0.140. The summed E-state index contributed by atoms with van der Waals surface area (Å²) in [5.74, 6) is 1.04. The highest BCUT2D eigenvalue weighted by molar-refractivity contribution is 6.44. The maximum Gasteiger partial charge on any atom is 0.522 e. The normalized spacial score (nSPS) is 17.6. The Morgan fingerprint density at radius 1 is 1.50 bits per heavy atom. The van der Waals surface area contributed by atoms with Gasteiger partial charge in [0.2, 0.25) is 5.91 Å². The molecule has 3 rings (SSSR count). The van der Waals surface area contributed by atoms with E-state index in [-0.39, 0.29) is 36.1 Å². The fourth-order valence-corrected chi connectivity index (χ4v) is 3.38. The Balaban J connectivity index is 1.69. The average molecular weight is 411 g/mol. The van der Waals surface area contributed by atoms with Crippen molar-refractivity contribution in [3.63, 3.8) is 0 Å². The quantitative estimate of drug-likeness (QED) is 0.340. The van der Waals surface area contributed by atoms with Crippen LogP contribution in [-0.4, -0.2) is 72.5 Å². The third-order valence-corrected chi connectivity index (χ3v) is 4.94. The van der Waals surface area contributed by atoms with Crippen LogP contribution in [0.1, 0.15) is 15.9 Å². The molecule has 1 saturated heterocycles. The number of hydrogen-bond donors (Lipinski definition) is 3. The third kappa shape index (κ3) is 4.32. The zero-order chi connectivity index (χ0) is 21.8. The van der Waals surface area contributed by atoms with Crippen molar-refractivity contribution < 1.29 is 29.1 Å². The number of hydrogen-bond acceptors (Lipinski definition) is 7. The second kappa shape index (κ2) is 9.03. The number of terminal acetylenes is 1. The van der Waals surface area contributed by atoms with Crippen LogP contribution in [0.2, 0.25) is 6.32 Å². The number of carbonyl (C=O) groups is 2. The highest BCUT2D eigenvalue weighted by atomic mass is 16.5. The summed E-state index contributed by atoms with van der Waals surface area (Å²) in [7, 11) is 0.497. The molecule has 0 spiro atoms. The molecule has 2 aliphatic heterocycles. The summed E-state index contributed by atoms with van der Waals surface area (Å²) in [5.41, 5.74) is 6.98. The van der Waals surface area contributed by atoms with E-state index >= 15 is 0 Å². The van der Waals surface area contributed by atoms with Gasteiger partial charge in [0.25, 0.3) is 0 Å². The van der Waals surface area contributed by atoms with Gasteiger partial charge in [-0.2, -0.15) is 0 Å². The number of benzene rings is 1. The molecule has 10 heteroatoms. The maximum atomic E-state index is 12.5. The number of fused-ring (bicyclic) bond motifs is 1. The zero-order valence-electron chi connectivity index (χ0n) is 16.4. The van der Waals surface area contributed by atoms with Gasteiger partial charge in [0.15, 0.2) is 0 Å². The third-order valence-electron chi connectivity index (χ3n) is 4.94. The molecule has 156 valence electrons. The highest BCUT2D eigenvalue weighted by Gasteiger charge is 2.37. The molecule has 0 bridgehead atoms. The van der Waals surface area contributed by atoms with E-state index in [1.807, 2.05) is 0 Å². The smallest absolute Gasteiger partial charge is 0.522 e. The molecule has 1 aromatic carbocycles. The minimum absolute atomic E-state index is 0.121. The summed E-state index contributed by atoms with van der Waals surface area (Å²) in [4.78, 5) is 29.7. The molecule has 1 unspecified atom stereocenters. The van der Waals surface area contributed by atoms with Crippen LogP contribution in [0.15, 0.2) is 28.8 Å². The number of aromatic carboxylic acids is 1. The largest absolute Gasteiger partial charge is 0.535 e. The minimum atomic E-state index is -1.21. The number of aryl methyl sites for hydroxylation is 1. The molecular formula is C20H22BN3O6. The Morgan fingerprint density at radius 3 is 2.87 bits per heavy atom. The van der Waals surface area contributed by atoms with Gasteiger partial charge in [-0.15, -0.1) is 6.42 Å². The SMILES string of the molecule is C#C/C=C(\C=NC)C(N)C(=O)N1CC(Oc2ccc3c(c2C(=O)O)OB(O)CC3)C1. The molecule has 1 amide bonds. The fraction of sp³-hybridized carbons (Fsp3) is 0.350. The van der Waals surface area contributed by atoms with Gasteiger partial charge >= 0.3 is 13.1 Å². The van der Waals surface area contributed by atoms with Crippen molar-refractivity contribution in [2.75, 3.05) is 20.1 Å². The van der Waals surface area contributed by atoms with Crippen molar-refractivity contribution in [1.82, 2.24) is 4.90 Å². The number of nitrogens with zero attached hydrogens (tertiary/aromatic N) is 2. The number of carboxylic acids is 1. The van der Waals surface area contributed by atoms with E-state index in [0.717, 1.165) is 0 Å². The zero-order valence-corrected chi connectivity index (χ0v) is 16.4. The predicted molar refractivity (Wildman–Crippen MR) is 111 cm³/mol. The number of aliphatic imine (C=N–C) groups is 1. The fourth-order valence-electron chi connectivity index (χ4n) is 3.38. The first-order chi connectivity index (χ1) is 14.3. The molecule has 4 N–H and O–H groups in total. The van der Waals surface area contributed by atoms with E-state index in [1.165, 1.54) is 17.2 Å². The van der Waals surface area contributed by atoms with Crippen molar-refractivity contribution in [3.05, 3.63) is 34.9 Å². The monoisotopic (exact) mass is 411 g/mol. The van der Waals surface area contributed by atoms with Gasteiger partial charge in [-0.1, -0.05) is 12.0 Å². The van der Waals surface area contributed by atoms with E-state index in [4.69, 9.17) is 21.5 Å². The molecule has 30 heavy (non-hydrogen) atoms. The summed E-state index contributed by atoms with van der Waals surface area (Å²) < 4.78 is 11.1. The van der Waals surface area contributed by atoms with Crippen LogP contribution in [0.4, 0.5) is 0 Å². The van der Waals surface area contributed by atoms with Crippen LogP contribution in [0.3, 0.4) is 0 Å². The van der Waals surface area contributed by atoms with Gasteiger partial charge < -0.3 is 30.2 Å². The average Bonchev–Trinajstić information content (AvgIpc) is 2.68. The lowest BCUT2D eigenvalue weighted by Crippen LogP contribution is -2.60. The minimum Gasteiger partial charge on any atom is -0.535 e. The number of nitrogens with two attached hydrogens (primary N) is 1. The van der Waals surface area contributed by atoms with Gasteiger partial charge in [0.1, 0.15) is 29.2 Å². The van der Waals surface area contributed by atoms with Gasteiger partial charge in [-0.3, -0.25) is 9.79 Å². The summed E-state index contributed by atoms with van der Waals surface area (Å²) >= 11 is 0. The van der Waals surface area contributed by atoms with Crippen LogP contribution in [-0.2, 0) is 11.2 Å². The van der Waals surface area contributed by atoms with Gasteiger partial charge in [0, 0.05) is 18.8 Å². The number of allylic oxidation sites excluding steroid dienone is 1. The van der Waals surface area contributed by atoms with E-state index in [2.05, 4.69) is 10.9 Å². The Kier molecular flexibility index (Phi) is 6.45. The molecule has 2 aliphatic rings. The molecule has 1 fully saturated rings. The maximum absolute atomic E-state index is 12.5. The van der Waals surface area contributed by atoms with Crippen molar-refractivity contribution in [2.24, 2.45) is 10.7 Å². The lowest BCUT2D eigenvalue weighted by Gasteiger charge is -2.40. The molecule has 1 atom stereocenters. The molecule has 0 aromatic heterocycles. The molecular weight excluding hydrogens is 389 g/mol. The van der Waals surface area contributed by atoms with Gasteiger partial charge in [0.05, 0.1) is 13.1 Å². The summed E-state index contributed by atoms with van der Waals surface area (Å²) in [6, 6.07) is 2.35. The van der Waals surface area contributed by atoms with Gasteiger partial charge in [-0.25, -0.2) is 4.79 Å². The molecule has 0 radical (unpaired) electrons. The molecule has 1 aromatic rings.